The average molecular weight is 847 g/mol. The van der Waals surface area contributed by atoms with Gasteiger partial charge in [0, 0.05) is 19.3 Å². The molecule has 0 aliphatic heterocycles. The monoisotopic (exact) mass is 847 g/mol. The van der Waals surface area contributed by atoms with Gasteiger partial charge in [0.1, 0.15) is 13.2 Å². The molecule has 0 aliphatic carbocycles. The van der Waals surface area contributed by atoms with Crippen molar-refractivity contribution in [2.24, 2.45) is 0 Å². The number of allylic oxidation sites excluding steroid dienone is 16. The molecule has 0 saturated heterocycles. The number of ether oxygens (including phenoxy) is 3. The minimum atomic E-state index is -0.824. The Balaban J connectivity index is 4.56. The molecule has 0 fully saturated rings. The van der Waals surface area contributed by atoms with Crippen LogP contribution in [0.4, 0.5) is 0 Å². The first-order valence-electron chi connectivity index (χ1n) is 24.8. The van der Waals surface area contributed by atoms with Crippen LogP contribution in [0.2, 0.25) is 0 Å². The van der Waals surface area contributed by atoms with Crippen LogP contribution in [0.5, 0.6) is 0 Å². The van der Waals surface area contributed by atoms with Gasteiger partial charge in [0.15, 0.2) is 6.10 Å². The van der Waals surface area contributed by atoms with Gasteiger partial charge in [0.25, 0.3) is 0 Å². The lowest BCUT2D eigenvalue weighted by Gasteiger charge is -2.18. The average Bonchev–Trinajstić information content (AvgIpc) is 3.26. The van der Waals surface area contributed by atoms with Crippen molar-refractivity contribution in [1.82, 2.24) is 0 Å². The van der Waals surface area contributed by atoms with E-state index in [2.05, 4.69) is 63.3 Å². The zero-order valence-corrected chi connectivity index (χ0v) is 39.4. The number of hydrogen-bond donors (Lipinski definition) is 0. The van der Waals surface area contributed by atoms with Gasteiger partial charge < -0.3 is 14.2 Å². The van der Waals surface area contributed by atoms with Crippen molar-refractivity contribution in [3.8, 4) is 0 Å². The van der Waals surface area contributed by atoms with Crippen molar-refractivity contribution in [3.05, 3.63) is 97.2 Å². The molecule has 346 valence electrons. The largest absolute Gasteiger partial charge is 0.462 e. The molecule has 1 atom stereocenters. The van der Waals surface area contributed by atoms with Gasteiger partial charge in [0.2, 0.25) is 0 Å². The van der Waals surface area contributed by atoms with E-state index < -0.39 is 6.10 Å². The molecule has 0 heterocycles. The third kappa shape index (κ3) is 47.2. The van der Waals surface area contributed by atoms with E-state index in [4.69, 9.17) is 14.2 Å². The second kappa shape index (κ2) is 49.0. The fourth-order valence-electron chi connectivity index (χ4n) is 6.46. The Morgan fingerprint density at radius 2 is 0.672 bits per heavy atom. The van der Waals surface area contributed by atoms with E-state index in [9.17, 15) is 14.4 Å². The fraction of sp³-hybridized carbons (Fsp3) is 0.655. The predicted octanol–water partition coefficient (Wildman–Crippen LogP) is 16.2. The first-order valence-corrected chi connectivity index (χ1v) is 24.8. The number of esters is 3. The quantitative estimate of drug-likeness (QED) is 0.0200. The molecule has 0 aromatic heterocycles. The van der Waals surface area contributed by atoms with Crippen molar-refractivity contribution in [3.63, 3.8) is 0 Å². The molecule has 0 aliphatic rings. The van der Waals surface area contributed by atoms with E-state index in [1.165, 1.54) is 89.9 Å². The lowest BCUT2D eigenvalue weighted by molar-refractivity contribution is -0.167. The highest BCUT2D eigenvalue weighted by Gasteiger charge is 2.19. The Morgan fingerprint density at radius 3 is 1.13 bits per heavy atom. The molecule has 61 heavy (non-hydrogen) atoms. The molecule has 0 spiro atoms. The van der Waals surface area contributed by atoms with Crippen molar-refractivity contribution < 1.29 is 28.6 Å². The first kappa shape index (κ1) is 57.3. The minimum Gasteiger partial charge on any atom is -0.462 e. The number of carbonyl (C=O) groups is 3. The van der Waals surface area contributed by atoms with Crippen molar-refractivity contribution >= 4 is 17.9 Å². The summed E-state index contributed by atoms with van der Waals surface area (Å²) in [5.74, 6) is -1.04. The van der Waals surface area contributed by atoms with Gasteiger partial charge in [-0.05, 0) is 83.5 Å². The molecular formula is C55H90O6. The number of carbonyl (C=O) groups excluding carboxylic acids is 3. The standard InChI is InChI=1S/C55H90O6/c1-4-7-10-13-16-19-22-25-27-28-31-33-36-39-42-45-48-54(57)60-51-52(50-59-53(56)47-44-41-38-35-32-29-24-21-18-15-12-9-6-3)61-55(58)49-46-43-40-37-34-30-26-23-20-17-14-11-8-5-2/h9,12,15,18,21,24,27-35,38,52H,4-8,10-11,13-14,16-17,19-20,22-23,25-26,36-37,39-51H2,1-3H3/b12-9-,18-15-,24-21-,28-27-,32-29-,33-31-,34-30-,38-35-. The topological polar surface area (TPSA) is 78.9 Å². The van der Waals surface area contributed by atoms with Crippen LogP contribution in [0.25, 0.3) is 0 Å². The molecule has 0 amide bonds. The maximum Gasteiger partial charge on any atom is 0.306 e. The summed E-state index contributed by atoms with van der Waals surface area (Å²) in [5.41, 5.74) is 0. The van der Waals surface area contributed by atoms with E-state index >= 15 is 0 Å². The lowest BCUT2D eigenvalue weighted by atomic mass is 10.1. The maximum absolute atomic E-state index is 12.8. The van der Waals surface area contributed by atoms with E-state index in [0.717, 1.165) is 77.0 Å². The summed E-state index contributed by atoms with van der Waals surface area (Å²) >= 11 is 0. The zero-order valence-electron chi connectivity index (χ0n) is 39.4. The van der Waals surface area contributed by atoms with Crippen LogP contribution in [-0.4, -0.2) is 37.2 Å². The summed E-state index contributed by atoms with van der Waals surface area (Å²) in [6, 6.07) is 0. The number of unbranched alkanes of at least 4 members (excludes halogenated alkanes) is 21. The summed E-state index contributed by atoms with van der Waals surface area (Å²) in [6.07, 6.45) is 64.0. The van der Waals surface area contributed by atoms with Gasteiger partial charge in [-0.1, -0.05) is 208 Å². The third-order valence-corrected chi connectivity index (χ3v) is 10.2. The maximum atomic E-state index is 12.8. The van der Waals surface area contributed by atoms with Crippen LogP contribution in [0.1, 0.15) is 213 Å². The van der Waals surface area contributed by atoms with E-state index in [1.54, 1.807) is 0 Å². The van der Waals surface area contributed by atoms with Gasteiger partial charge in [-0.2, -0.15) is 0 Å². The highest BCUT2D eigenvalue weighted by atomic mass is 16.6. The Hall–Kier alpha value is -3.67. The molecule has 0 aromatic rings. The molecule has 6 heteroatoms. The third-order valence-electron chi connectivity index (χ3n) is 10.2. The molecule has 0 N–H and O–H groups in total. The van der Waals surface area contributed by atoms with Gasteiger partial charge in [0.05, 0.1) is 0 Å². The second-order valence-corrected chi connectivity index (χ2v) is 16.1. The normalized spacial score (nSPS) is 12.9. The van der Waals surface area contributed by atoms with E-state index in [1.807, 2.05) is 54.7 Å². The Morgan fingerprint density at radius 1 is 0.344 bits per heavy atom. The van der Waals surface area contributed by atoms with Crippen molar-refractivity contribution in [2.75, 3.05) is 13.2 Å². The van der Waals surface area contributed by atoms with Crippen molar-refractivity contribution in [1.29, 1.82) is 0 Å². The van der Waals surface area contributed by atoms with Crippen molar-refractivity contribution in [2.45, 2.75) is 219 Å². The van der Waals surface area contributed by atoms with Crippen LogP contribution >= 0.6 is 0 Å². The summed E-state index contributed by atoms with van der Waals surface area (Å²) in [5, 5.41) is 0. The van der Waals surface area contributed by atoms with Gasteiger partial charge >= 0.3 is 17.9 Å². The fourth-order valence-corrected chi connectivity index (χ4v) is 6.46. The zero-order chi connectivity index (χ0) is 44.4. The van der Waals surface area contributed by atoms with Crippen LogP contribution in [0, 0.1) is 0 Å². The van der Waals surface area contributed by atoms with Gasteiger partial charge in [-0.15, -0.1) is 0 Å². The summed E-state index contributed by atoms with van der Waals surface area (Å²) in [6.45, 7) is 6.37. The SMILES string of the molecule is CC\C=C/C=C\C=C/C=C\C=C/CCCC(=O)OCC(COC(=O)CCCCC/C=C\C=C/CCCCCCCCC)OC(=O)CCCCC/C=C\CCCCCCCCC. The highest BCUT2D eigenvalue weighted by molar-refractivity contribution is 5.71. The molecular weight excluding hydrogens is 757 g/mol. The Kier molecular flexibility index (Phi) is 46.0. The van der Waals surface area contributed by atoms with E-state index in [-0.39, 0.29) is 44.0 Å². The van der Waals surface area contributed by atoms with Gasteiger partial charge in [-0.3, -0.25) is 14.4 Å². The molecule has 0 saturated carbocycles. The van der Waals surface area contributed by atoms with E-state index in [0.29, 0.717) is 12.8 Å². The number of hydrogen-bond acceptors (Lipinski definition) is 6. The van der Waals surface area contributed by atoms with Crippen LogP contribution < -0.4 is 0 Å². The molecule has 0 aromatic carbocycles. The van der Waals surface area contributed by atoms with Crippen LogP contribution in [-0.2, 0) is 28.6 Å². The summed E-state index contributed by atoms with van der Waals surface area (Å²) in [7, 11) is 0. The first-order chi connectivity index (χ1) is 30.0. The Labute approximate surface area is 375 Å². The molecule has 0 bridgehead atoms. The highest BCUT2D eigenvalue weighted by Crippen LogP contribution is 2.12. The van der Waals surface area contributed by atoms with Crippen LogP contribution in [0.15, 0.2) is 97.2 Å². The molecule has 6 nitrogen and oxygen atoms in total. The van der Waals surface area contributed by atoms with Crippen LogP contribution in [0.3, 0.4) is 0 Å². The summed E-state index contributed by atoms with van der Waals surface area (Å²) < 4.78 is 16.7. The minimum absolute atomic E-state index is 0.121. The molecule has 0 radical (unpaired) electrons. The smallest absolute Gasteiger partial charge is 0.306 e. The lowest BCUT2D eigenvalue weighted by Crippen LogP contribution is -2.30. The molecule has 0 rings (SSSR count). The predicted molar refractivity (Wildman–Crippen MR) is 260 cm³/mol. The van der Waals surface area contributed by atoms with Gasteiger partial charge in [-0.25, -0.2) is 0 Å². The Bertz CT molecular complexity index is 1250. The second-order valence-electron chi connectivity index (χ2n) is 16.1. The summed E-state index contributed by atoms with van der Waals surface area (Å²) in [4.78, 5) is 37.9. The number of rotatable bonds is 43. The molecule has 1 unspecified atom stereocenters.